The van der Waals surface area contributed by atoms with Crippen molar-refractivity contribution in [2.45, 2.75) is 6.04 Å². The molecule has 0 aliphatic rings. The molecule has 4 N–H and O–H groups in total. The van der Waals surface area contributed by atoms with Gasteiger partial charge in [-0.15, -0.1) is 0 Å². The van der Waals surface area contributed by atoms with E-state index in [1.54, 1.807) is 12.1 Å². The molecule has 0 aliphatic carbocycles. The molecular formula is C10H10FNO3. The second-order valence-electron chi connectivity index (χ2n) is 2.90. The Hall–Kier alpha value is -1.88. The number of hydrogen-bond acceptors (Lipinski definition) is 3. The fraction of sp³-hybridized carbons (Fsp3) is 0.100. The molecule has 5 heteroatoms. The number of phenols is 1. The lowest BCUT2D eigenvalue weighted by Gasteiger charge is -2.11. The fourth-order valence-corrected chi connectivity index (χ4v) is 1.14. The zero-order valence-corrected chi connectivity index (χ0v) is 7.72. The van der Waals surface area contributed by atoms with Gasteiger partial charge in [0.15, 0.2) is 0 Å². The topological polar surface area (TPSA) is 83.6 Å². The molecule has 0 heterocycles. The monoisotopic (exact) mass is 211 g/mol. The van der Waals surface area contributed by atoms with Crippen LogP contribution in [-0.4, -0.2) is 22.2 Å². The van der Waals surface area contributed by atoms with Crippen LogP contribution in [0.15, 0.2) is 30.6 Å². The van der Waals surface area contributed by atoms with Crippen molar-refractivity contribution in [2.75, 3.05) is 0 Å². The summed E-state index contributed by atoms with van der Waals surface area (Å²) in [7, 11) is 0. The molecule has 15 heavy (non-hydrogen) atoms. The lowest BCUT2D eigenvalue weighted by atomic mass is 10.00. The number of halogens is 1. The van der Waals surface area contributed by atoms with E-state index in [9.17, 15) is 14.3 Å². The minimum atomic E-state index is -1.50. The van der Waals surface area contributed by atoms with Crippen LogP contribution in [0, 0.1) is 0 Å². The number of carboxylic acids is 1. The third kappa shape index (κ3) is 2.32. The molecule has 0 bridgehead atoms. The summed E-state index contributed by atoms with van der Waals surface area (Å²) in [5.41, 5.74) is 5.07. The number of rotatable bonds is 3. The van der Waals surface area contributed by atoms with E-state index in [1.165, 1.54) is 12.1 Å². The van der Waals surface area contributed by atoms with E-state index in [1.807, 2.05) is 0 Å². The summed E-state index contributed by atoms with van der Waals surface area (Å²) in [6.07, 6.45) is 0.0911. The number of aliphatic carboxylic acids is 1. The lowest BCUT2D eigenvalue weighted by molar-refractivity contribution is -0.137. The van der Waals surface area contributed by atoms with Crippen LogP contribution in [0.25, 0.3) is 5.57 Å². The summed E-state index contributed by atoms with van der Waals surface area (Å²) in [4.78, 5) is 10.6. The first-order valence-corrected chi connectivity index (χ1v) is 4.15. The van der Waals surface area contributed by atoms with E-state index in [4.69, 9.17) is 10.8 Å². The molecule has 0 aliphatic heterocycles. The molecule has 0 spiro atoms. The Balaban J connectivity index is 3.15. The number of phenolic OH excluding ortho intramolecular Hbond substituents is 1. The first-order chi connectivity index (χ1) is 7.07. The Bertz CT molecular complexity index is 403. The molecule has 0 aromatic heterocycles. The zero-order chi connectivity index (χ0) is 11.4. The molecule has 1 aromatic rings. The summed E-state index contributed by atoms with van der Waals surface area (Å²) in [6, 6.07) is 4.31. The van der Waals surface area contributed by atoms with E-state index in [0.717, 1.165) is 0 Å². The third-order valence-electron chi connectivity index (χ3n) is 1.93. The summed E-state index contributed by atoms with van der Waals surface area (Å²) in [5, 5.41) is 18.0. The first kappa shape index (κ1) is 11.2. The Morgan fingerprint density at radius 3 is 2.53 bits per heavy atom. The zero-order valence-electron chi connectivity index (χ0n) is 7.72. The van der Waals surface area contributed by atoms with E-state index in [2.05, 4.69) is 0 Å². The van der Waals surface area contributed by atoms with E-state index in [0.29, 0.717) is 0 Å². The van der Waals surface area contributed by atoms with Crippen LogP contribution in [0.2, 0.25) is 0 Å². The van der Waals surface area contributed by atoms with Crippen LogP contribution in [0.3, 0.4) is 0 Å². The fourth-order valence-electron chi connectivity index (χ4n) is 1.14. The average molecular weight is 211 g/mol. The molecule has 1 atom stereocenters. The maximum atomic E-state index is 12.5. The average Bonchev–Trinajstić information content (AvgIpc) is 2.21. The summed E-state index contributed by atoms with van der Waals surface area (Å²) < 4.78 is 12.5. The highest BCUT2D eigenvalue weighted by atomic mass is 19.1. The number of hydrogen-bond donors (Lipinski definition) is 3. The SMILES string of the molecule is NC(C(=O)O)C(=CF)c1ccccc1O. The number of nitrogens with two attached hydrogens (primary N) is 1. The second kappa shape index (κ2) is 4.56. The number of carboxylic acid groups (broad SMARTS) is 1. The predicted molar refractivity (Wildman–Crippen MR) is 52.8 cm³/mol. The number of benzene rings is 1. The number of para-hydroxylation sites is 1. The largest absolute Gasteiger partial charge is 0.507 e. The van der Waals surface area contributed by atoms with Crippen molar-refractivity contribution >= 4 is 11.5 Å². The lowest BCUT2D eigenvalue weighted by Crippen LogP contribution is -2.31. The molecule has 0 radical (unpaired) electrons. The van der Waals surface area contributed by atoms with Crippen molar-refractivity contribution in [3.63, 3.8) is 0 Å². The van der Waals surface area contributed by atoms with Gasteiger partial charge < -0.3 is 15.9 Å². The molecular weight excluding hydrogens is 201 g/mol. The molecule has 0 saturated carbocycles. The Labute approximate surface area is 85.5 Å². The van der Waals surface area contributed by atoms with Crippen molar-refractivity contribution in [3.8, 4) is 5.75 Å². The van der Waals surface area contributed by atoms with Gasteiger partial charge in [0.05, 0.1) is 6.33 Å². The first-order valence-electron chi connectivity index (χ1n) is 4.15. The standard InChI is InChI=1S/C10H10FNO3/c11-5-7(9(12)10(14)15)6-3-1-2-4-8(6)13/h1-5,9,13H,12H2,(H,14,15). The van der Waals surface area contributed by atoms with Gasteiger partial charge in [0.1, 0.15) is 11.8 Å². The Morgan fingerprint density at radius 1 is 1.47 bits per heavy atom. The minimum absolute atomic E-state index is 0.0786. The second-order valence-corrected chi connectivity index (χ2v) is 2.90. The van der Waals surface area contributed by atoms with Gasteiger partial charge in [-0.05, 0) is 6.07 Å². The van der Waals surface area contributed by atoms with Crippen molar-refractivity contribution in [3.05, 3.63) is 36.2 Å². The Kier molecular flexibility index (Phi) is 3.41. The third-order valence-corrected chi connectivity index (χ3v) is 1.93. The van der Waals surface area contributed by atoms with Crippen LogP contribution in [0.5, 0.6) is 5.75 Å². The van der Waals surface area contributed by atoms with Crippen molar-refractivity contribution in [1.82, 2.24) is 0 Å². The summed E-state index contributed by atoms with van der Waals surface area (Å²) >= 11 is 0. The highest BCUT2D eigenvalue weighted by Crippen LogP contribution is 2.26. The van der Waals surface area contributed by atoms with Gasteiger partial charge in [-0.2, -0.15) is 0 Å². The number of aromatic hydroxyl groups is 1. The maximum Gasteiger partial charge on any atom is 0.325 e. The quantitative estimate of drug-likeness (QED) is 0.699. The Morgan fingerprint density at radius 2 is 2.07 bits per heavy atom. The minimum Gasteiger partial charge on any atom is -0.507 e. The molecule has 1 rings (SSSR count). The van der Waals surface area contributed by atoms with Crippen LogP contribution in [0.1, 0.15) is 5.56 Å². The van der Waals surface area contributed by atoms with Gasteiger partial charge >= 0.3 is 5.97 Å². The van der Waals surface area contributed by atoms with Crippen LogP contribution in [0.4, 0.5) is 4.39 Å². The van der Waals surface area contributed by atoms with E-state index < -0.39 is 12.0 Å². The van der Waals surface area contributed by atoms with E-state index >= 15 is 0 Å². The van der Waals surface area contributed by atoms with Gasteiger partial charge in [-0.3, -0.25) is 4.79 Å². The smallest absolute Gasteiger partial charge is 0.325 e. The highest BCUT2D eigenvalue weighted by molar-refractivity contribution is 5.91. The molecule has 0 amide bonds. The predicted octanol–water partition coefficient (Wildman–Crippen LogP) is 1.11. The molecule has 80 valence electrons. The van der Waals surface area contributed by atoms with Crippen molar-refractivity contribution in [1.29, 1.82) is 0 Å². The molecule has 1 aromatic carbocycles. The molecule has 4 nitrogen and oxygen atoms in total. The highest BCUT2D eigenvalue weighted by Gasteiger charge is 2.21. The van der Waals surface area contributed by atoms with Gasteiger partial charge in [0, 0.05) is 11.1 Å². The molecule has 0 saturated heterocycles. The van der Waals surface area contributed by atoms with E-state index in [-0.39, 0.29) is 23.2 Å². The van der Waals surface area contributed by atoms with Crippen molar-refractivity contribution < 1.29 is 19.4 Å². The van der Waals surface area contributed by atoms with Gasteiger partial charge in [-0.25, -0.2) is 4.39 Å². The maximum absolute atomic E-state index is 12.5. The van der Waals surface area contributed by atoms with Crippen LogP contribution in [-0.2, 0) is 4.79 Å². The number of carbonyl (C=O) groups is 1. The normalized spacial score (nSPS) is 13.6. The van der Waals surface area contributed by atoms with Crippen LogP contribution >= 0.6 is 0 Å². The van der Waals surface area contributed by atoms with Crippen LogP contribution < -0.4 is 5.73 Å². The van der Waals surface area contributed by atoms with Crippen molar-refractivity contribution in [2.24, 2.45) is 5.73 Å². The van der Waals surface area contributed by atoms with Gasteiger partial charge in [0.25, 0.3) is 0 Å². The molecule has 1 unspecified atom stereocenters. The van der Waals surface area contributed by atoms with Gasteiger partial charge in [-0.1, -0.05) is 18.2 Å². The van der Waals surface area contributed by atoms with Gasteiger partial charge in [0.2, 0.25) is 0 Å². The summed E-state index contributed by atoms with van der Waals surface area (Å²) in [5.74, 6) is -1.57. The molecule has 0 fully saturated rings. The summed E-state index contributed by atoms with van der Waals surface area (Å²) in [6.45, 7) is 0.